The molecule has 0 N–H and O–H groups in total. The van der Waals surface area contributed by atoms with E-state index in [1.165, 1.54) is 5.75 Å². The van der Waals surface area contributed by atoms with Crippen LogP contribution in [0.15, 0.2) is 18.2 Å². The van der Waals surface area contributed by atoms with E-state index in [4.69, 9.17) is 9.47 Å². The SMILES string of the molecule is COc1ccc2c(c1)C(=O)CC(C1CCSC1)O2. The van der Waals surface area contributed by atoms with E-state index in [9.17, 15) is 4.79 Å². The Bertz CT molecular complexity index is 466. The lowest BCUT2D eigenvalue weighted by Gasteiger charge is -2.29. The van der Waals surface area contributed by atoms with Gasteiger partial charge >= 0.3 is 0 Å². The van der Waals surface area contributed by atoms with Crippen molar-refractivity contribution in [1.82, 2.24) is 0 Å². The number of ketones is 1. The van der Waals surface area contributed by atoms with E-state index in [1.54, 1.807) is 13.2 Å². The highest BCUT2D eigenvalue weighted by molar-refractivity contribution is 7.99. The van der Waals surface area contributed by atoms with Crippen molar-refractivity contribution in [2.45, 2.75) is 18.9 Å². The number of Topliss-reactive ketones (excluding diaryl/α,β-unsaturated/α-hetero) is 1. The number of rotatable bonds is 2. The van der Waals surface area contributed by atoms with Crippen molar-refractivity contribution in [3.05, 3.63) is 23.8 Å². The molecule has 3 nitrogen and oxygen atoms in total. The first-order valence-corrected chi connectivity index (χ1v) is 7.39. The summed E-state index contributed by atoms with van der Waals surface area (Å²) in [6.07, 6.45) is 1.73. The lowest BCUT2D eigenvalue weighted by Crippen LogP contribution is -2.33. The van der Waals surface area contributed by atoms with E-state index < -0.39 is 0 Å². The van der Waals surface area contributed by atoms with Crippen LogP contribution in [-0.4, -0.2) is 30.5 Å². The molecule has 1 aromatic rings. The molecule has 18 heavy (non-hydrogen) atoms. The van der Waals surface area contributed by atoms with Crippen LogP contribution in [0.1, 0.15) is 23.2 Å². The number of carbonyl (C=O) groups is 1. The Morgan fingerprint density at radius 1 is 1.44 bits per heavy atom. The average Bonchev–Trinajstić information content (AvgIpc) is 2.92. The molecule has 2 unspecified atom stereocenters. The van der Waals surface area contributed by atoms with E-state index in [0.29, 0.717) is 29.4 Å². The highest BCUT2D eigenvalue weighted by Gasteiger charge is 2.34. The van der Waals surface area contributed by atoms with Gasteiger partial charge in [-0.05, 0) is 36.1 Å². The van der Waals surface area contributed by atoms with Crippen LogP contribution in [0.25, 0.3) is 0 Å². The third-order valence-corrected chi connectivity index (χ3v) is 4.83. The molecular weight excluding hydrogens is 248 g/mol. The molecule has 1 saturated heterocycles. The molecule has 2 heterocycles. The molecule has 4 heteroatoms. The molecule has 0 aromatic heterocycles. The Labute approximate surface area is 111 Å². The average molecular weight is 264 g/mol. The Morgan fingerprint density at radius 2 is 2.33 bits per heavy atom. The van der Waals surface area contributed by atoms with Crippen LogP contribution in [0.4, 0.5) is 0 Å². The number of methoxy groups -OCH3 is 1. The molecule has 1 fully saturated rings. The van der Waals surface area contributed by atoms with Gasteiger partial charge in [-0.15, -0.1) is 0 Å². The van der Waals surface area contributed by atoms with Crippen LogP contribution < -0.4 is 9.47 Å². The minimum absolute atomic E-state index is 0.0633. The predicted molar refractivity (Wildman–Crippen MR) is 71.8 cm³/mol. The summed E-state index contributed by atoms with van der Waals surface area (Å²) in [6, 6.07) is 5.47. The number of carbonyl (C=O) groups excluding carboxylic acids is 1. The fourth-order valence-electron chi connectivity index (χ4n) is 2.56. The summed E-state index contributed by atoms with van der Waals surface area (Å²) in [5, 5.41) is 0. The van der Waals surface area contributed by atoms with Gasteiger partial charge in [0.2, 0.25) is 0 Å². The monoisotopic (exact) mass is 264 g/mol. The first kappa shape index (κ1) is 11.9. The molecule has 0 bridgehead atoms. The Kier molecular flexibility index (Phi) is 3.20. The molecule has 0 radical (unpaired) electrons. The summed E-state index contributed by atoms with van der Waals surface area (Å²) in [6.45, 7) is 0. The Balaban J connectivity index is 1.85. The van der Waals surface area contributed by atoms with Crippen LogP contribution in [0.2, 0.25) is 0 Å². The van der Waals surface area contributed by atoms with Crippen molar-refractivity contribution < 1.29 is 14.3 Å². The summed E-state index contributed by atoms with van der Waals surface area (Å²) in [5.74, 6) is 4.43. The number of fused-ring (bicyclic) bond motifs is 1. The quantitative estimate of drug-likeness (QED) is 0.823. The van der Waals surface area contributed by atoms with Gasteiger partial charge in [-0.25, -0.2) is 0 Å². The minimum atomic E-state index is 0.0633. The molecule has 0 spiro atoms. The number of thioether (sulfide) groups is 1. The van der Waals surface area contributed by atoms with Gasteiger partial charge in [0, 0.05) is 12.3 Å². The van der Waals surface area contributed by atoms with Gasteiger partial charge < -0.3 is 9.47 Å². The summed E-state index contributed by atoms with van der Waals surface area (Å²) in [4.78, 5) is 12.2. The molecule has 1 aromatic carbocycles. The lowest BCUT2D eigenvalue weighted by molar-refractivity contribution is 0.0760. The fourth-order valence-corrected chi connectivity index (χ4v) is 3.88. The van der Waals surface area contributed by atoms with Crippen molar-refractivity contribution >= 4 is 17.5 Å². The summed E-state index contributed by atoms with van der Waals surface area (Å²) in [7, 11) is 1.61. The molecule has 0 saturated carbocycles. The second kappa shape index (κ2) is 4.84. The Hall–Kier alpha value is -1.16. The smallest absolute Gasteiger partial charge is 0.170 e. The Morgan fingerprint density at radius 3 is 3.06 bits per heavy atom. The zero-order chi connectivity index (χ0) is 12.5. The topological polar surface area (TPSA) is 35.5 Å². The first-order valence-electron chi connectivity index (χ1n) is 6.23. The largest absolute Gasteiger partial charge is 0.497 e. The second-order valence-electron chi connectivity index (χ2n) is 4.77. The zero-order valence-corrected chi connectivity index (χ0v) is 11.2. The van der Waals surface area contributed by atoms with Gasteiger partial charge in [0.25, 0.3) is 0 Å². The second-order valence-corrected chi connectivity index (χ2v) is 5.92. The summed E-state index contributed by atoms with van der Waals surface area (Å²) >= 11 is 1.95. The molecular formula is C14H16O3S. The van der Waals surface area contributed by atoms with Crippen molar-refractivity contribution in [2.75, 3.05) is 18.6 Å². The summed E-state index contributed by atoms with van der Waals surface area (Å²) in [5.41, 5.74) is 0.663. The molecule has 0 aliphatic carbocycles. The third-order valence-electron chi connectivity index (χ3n) is 3.64. The fraction of sp³-hybridized carbons (Fsp3) is 0.500. The van der Waals surface area contributed by atoms with Crippen LogP contribution in [-0.2, 0) is 0 Å². The number of hydrogen-bond donors (Lipinski definition) is 0. The minimum Gasteiger partial charge on any atom is -0.497 e. The first-order chi connectivity index (χ1) is 8.78. The normalized spacial score (nSPS) is 26.6. The summed E-state index contributed by atoms with van der Waals surface area (Å²) < 4.78 is 11.1. The molecule has 3 rings (SSSR count). The van der Waals surface area contributed by atoms with E-state index >= 15 is 0 Å². The van der Waals surface area contributed by atoms with Crippen LogP contribution in [0.3, 0.4) is 0 Å². The van der Waals surface area contributed by atoms with Gasteiger partial charge in [0.1, 0.15) is 17.6 Å². The highest BCUT2D eigenvalue weighted by Crippen LogP contribution is 2.36. The van der Waals surface area contributed by atoms with E-state index in [-0.39, 0.29) is 11.9 Å². The van der Waals surface area contributed by atoms with Gasteiger partial charge in [0.15, 0.2) is 5.78 Å². The lowest BCUT2D eigenvalue weighted by atomic mass is 9.92. The molecule has 96 valence electrons. The van der Waals surface area contributed by atoms with Crippen LogP contribution in [0.5, 0.6) is 11.5 Å². The maximum atomic E-state index is 12.2. The maximum Gasteiger partial charge on any atom is 0.170 e. The predicted octanol–water partition coefficient (Wildman–Crippen LogP) is 2.78. The highest BCUT2D eigenvalue weighted by atomic mass is 32.2. The van der Waals surface area contributed by atoms with E-state index in [1.807, 2.05) is 23.9 Å². The zero-order valence-electron chi connectivity index (χ0n) is 10.3. The van der Waals surface area contributed by atoms with Crippen molar-refractivity contribution in [2.24, 2.45) is 5.92 Å². The van der Waals surface area contributed by atoms with Crippen molar-refractivity contribution in [1.29, 1.82) is 0 Å². The molecule has 2 aliphatic heterocycles. The third kappa shape index (κ3) is 2.09. The molecule has 2 aliphatic rings. The van der Waals surface area contributed by atoms with E-state index in [2.05, 4.69) is 0 Å². The van der Waals surface area contributed by atoms with Crippen LogP contribution >= 0.6 is 11.8 Å². The van der Waals surface area contributed by atoms with Gasteiger partial charge in [0.05, 0.1) is 12.7 Å². The standard InChI is InChI=1S/C14H16O3S/c1-16-10-2-3-13-11(6-10)12(15)7-14(17-13)9-4-5-18-8-9/h2-3,6,9,14H,4-5,7-8H2,1H3. The van der Waals surface area contributed by atoms with Crippen molar-refractivity contribution in [3.63, 3.8) is 0 Å². The van der Waals surface area contributed by atoms with Crippen LogP contribution in [0, 0.1) is 5.92 Å². The number of hydrogen-bond acceptors (Lipinski definition) is 4. The van der Waals surface area contributed by atoms with E-state index in [0.717, 1.165) is 12.2 Å². The van der Waals surface area contributed by atoms with Crippen molar-refractivity contribution in [3.8, 4) is 11.5 Å². The number of benzene rings is 1. The van der Waals surface area contributed by atoms with Gasteiger partial charge in [-0.2, -0.15) is 11.8 Å². The van der Waals surface area contributed by atoms with Gasteiger partial charge in [-0.3, -0.25) is 4.79 Å². The van der Waals surface area contributed by atoms with Gasteiger partial charge in [-0.1, -0.05) is 0 Å². The molecule has 2 atom stereocenters. The number of ether oxygens (including phenoxy) is 2. The molecule has 0 amide bonds. The maximum absolute atomic E-state index is 12.2.